The van der Waals surface area contributed by atoms with Crippen molar-refractivity contribution in [2.45, 2.75) is 19.9 Å². The maximum atomic E-state index is 13.6. The summed E-state index contributed by atoms with van der Waals surface area (Å²) in [5.74, 6) is -0.162. The maximum Gasteiger partial charge on any atom is 0.331 e. The molecule has 0 saturated carbocycles. The number of benzene rings is 1. The standard InChI is InChI=1S/C24H24N4O5/c1-13-19(27-11-7-6-8-18(27)21(13)33-5)20(29)15-9-10-17-16(12-15)23(31)28(24(32)26(17)4)14(2)22(30)25-3/h6-12,14H,1-5H3,(H,25,30). The zero-order chi connectivity index (χ0) is 24.0. The van der Waals surface area contributed by atoms with Gasteiger partial charge in [0, 0.05) is 31.4 Å². The highest BCUT2D eigenvalue weighted by Crippen LogP contribution is 2.31. The molecule has 0 fully saturated rings. The molecule has 0 radical (unpaired) electrons. The molecule has 4 rings (SSSR count). The van der Waals surface area contributed by atoms with E-state index in [1.165, 1.54) is 31.7 Å². The summed E-state index contributed by atoms with van der Waals surface area (Å²) in [6, 6.07) is 9.16. The second-order valence-corrected chi connectivity index (χ2v) is 7.83. The van der Waals surface area contributed by atoms with Crippen molar-refractivity contribution in [1.29, 1.82) is 0 Å². The van der Waals surface area contributed by atoms with Gasteiger partial charge in [0.25, 0.3) is 5.56 Å². The molecule has 1 atom stereocenters. The van der Waals surface area contributed by atoms with Gasteiger partial charge in [-0.15, -0.1) is 0 Å². The van der Waals surface area contributed by atoms with Crippen molar-refractivity contribution in [3.63, 3.8) is 0 Å². The number of methoxy groups -OCH3 is 1. The molecule has 0 bridgehead atoms. The van der Waals surface area contributed by atoms with Crippen LogP contribution in [0.15, 0.2) is 52.2 Å². The van der Waals surface area contributed by atoms with E-state index in [9.17, 15) is 19.2 Å². The number of rotatable bonds is 5. The van der Waals surface area contributed by atoms with Crippen LogP contribution in [0, 0.1) is 6.92 Å². The van der Waals surface area contributed by atoms with Crippen LogP contribution in [-0.4, -0.2) is 39.4 Å². The third-order valence-corrected chi connectivity index (χ3v) is 6.02. The number of pyridine rings is 1. The Morgan fingerprint density at radius 2 is 1.82 bits per heavy atom. The number of amides is 1. The van der Waals surface area contributed by atoms with E-state index in [-0.39, 0.29) is 16.7 Å². The van der Waals surface area contributed by atoms with Crippen molar-refractivity contribution in [1.82, 2.24) is 18.9 Å². The number of nitrogens with zero attached hydrogens (tertiary/aromatic N) is 3. The largest absolute Gasteiger partial charge is 0.494 e. The molecule has 1 aromatic carbocycles. The van der Waals surface area contributed by atoms with E-state index in [1.54, 1.807) is 29.8 Å². The lowest BCUT2D eigenvalue weighted by molar-refractivity contribution is -0.123. The van der Waals surface area contributed by atoms with Gasteiger partial charge in [-0.1, -0.05) is 6.07 Å². The van der Waals surface area contributed by atoms with Gasteiger partial charge in [0.1, 0.15) is 17.5 Å². The molecule has 170 valence electrons. The van der Waals surface area contributed by atoms with E-state index in [2.05, 4.69) is 5.32 Å². The molecule has 1 N–H and O–H groups in total. The summed E-state index contributed by atoms with van der Waals surface area (Å²) in [6.07, 6.45) is 1.78. The van der Waals surface area contributed by atoms with Crippen LogP contribution in [0.2, 0.25) is 0 Å². The fraction of sp³-hybridized carbons (Fsp3) is 0.250. The number of ketones is 1. The minimum absolute atomic E-state index is 0.171. The van der Waals surface area contributed by atoms with Crippen molar-refractivity contribution < 1.29 is 14.3 Å². The lowest BCUT2D eigenvalue weighted by atomic mass is 10.0. The first-order valence-electron chi connectivity index (χ1n) is 10.4. The van der Waals surface area contributed by atoms with Gasteiger partial charge in [0.2, 0.25) is 11.7 Å². The van der Waals surface area contributed by atoms with E-state index in [0.717, 1.165) is 10.1 Å². The van der Waals surface area contributed by atoms with Gasteiger partial charge in [-0.3, -0.25) is 19.0 Å². The number of fused-ring (bicyclic) bond motifs is 2. The minimum Gasteiger partial charge on any atom is -0.494 e. The smallest absolute Gasteiger partial charge is 0.331 e. The molecule has 9 heteroatoms. The summed E-state index contributed by atoms with van der Waals surface area (Å²) >= 11 is 0. The first-order chi connectivity index (χ1) is 15.7. The number of carbonyl (C=O) groups is 2. The number of nitrogens with one attached hydrogen (secondary N) is 1. The Morgan fingerprint density at radius 3 is 2.48 bits per heavy atom. The number of ether oxygens (including phenoxy) is 1. The average molecular weight is 448 g/mol. The third kappa shape index (κ3) is 3.24. The highest BCUT2D eigenvalue weighted by Gasteiger charge is 2.24. The Labute approximate surface area is 188 Å². The lowest BCUT2D eigenvalue weighted by Crippen LogP contribution is -2.45. The zero-order valence-corrected chi connectivity index (χ0v) is 19.0. The highest BCUT2D eigenvalue weighted by molar-refractivity contribution is 6.11. The fourth-order valence-electron chi connectivity index (χ4n) is 4.27. The molecular formula is C24H24N4O5. The van der Waals surface area contributed by atoms with Crippen molar-refractivity contribution in [3.8, 4) is 5.75 Å². The predicted octanol–water partition coefficient (Wildman–Crippen LogP) is 1.81. The van der Waals surface area contributed by atoms with Crippen molar-refractivity contribution in [2.75, 3.05) is 14.2 Å². The Hall–Kier alpha value is -4.14. The van der Waals surface area contributed by atoms with Crippen LogP contribution in [-0.2, 0) is 11.8 Å². The SMILES string of the molecule is CNC(=O)C(C)n1c(=O)c2cc(C(=O)c3c(C)c(OC)c4ccccn34)ccc2n(C)c1=O. The predicted molar refractivity (Wildman–Crippen MR) is 124 cm³/mol. The van der Waals surface area contributed by atoms with Gasteiger partial charge < -0.3 is 14.5 Å². The Balaban J connectivity index is 1.96. The summed E-state index contributed by atoms with van der Waals surface area (Å²) in [4.78, 5) is 51.7. The lowest BCUT2D eigenvalue weighted by Gasteiger charge is -2.16. The first-order valence-corrected chi connectivity index (χ1v) is 10.4. The molecule has 1 unspecified atom stereocenters. The second kappa shape index (κ2) is 8.09. The monoisotopic (exact) mass is 448 g/mol. The number of likely N-dealkylation sites (N-methyl/N-ethyl adjacent to an activating group) is 1. The second-order valence-electron chi connectivity index (χ2n) is 7.83. The first kappa shape index (κ1) is 22.1. The summed E-state index contributed by atoms with van der Waals surface area (Å²) < 4.78 is 9.47. The minimum atomic E-state index is -1.01. The number of aryl methyl sites for hydroxylation is 1. The van der Waals surface area contributed by atoms with Gasteiger partial charge in [-0.25, -0.2) is 9.36 Å². The number of carbonyl (C=O) groups excluding carboxylic acids is 2. The Morgan fingerprint density at radius 1 is 1.09 bits per heavy atom. The van der Waals surface area contributed by atoms with Gasteiger partial charge in [0.05, 0.1) is 23.5 Å². The molecular weight excluding hydrogens is 424 g/mol. The van der Waals surface area contributed by atoms with E-state index in [0.29, 0.717) is 22.5 Å². The Bertz CT molecular complexity index is 1560. The van der Waals surface area contributed by atoms with Crippen LogP contribution in [0.4, 0.5) is 0 Å². The van der Waals surface area contributed by atoms with Crippen LogP contribution >= 0.6 is 0 Å². The molecule has 33 heavy (non-hydrogen) atoms. The molecule has 0 spiro atoms. The maximum absolute atomic E-state index is 13.6. The van der Waals surface area contributed by atoms with Gasteiger partial charge in [0.15, 0.2) is 0 Å². The summed E-state index contributed by atoms with van der Waals surface area (Å²) in [5, 5.41) is 2.62. The van der Waals surface area contributed by atoms with Crippen LogP contribution in [0.3, 0.4) is 0 Å². The Kier molecular flexibility index (Phi) is 5.41. The molecule has 0 aliphatic rings. The van der Waals surface area contributed by atoms with E-state index in [1.807, 2.05) is 25.1 Å². The quantitative estimate of drug-likeness (QED) is 0.469. The highest BCUT2D eigenvalue weighted by atomic mass is 16.5. The zero-order valence-electron chi connectivity index (χ0n) is 19.0. The van der Waals surface area contributed by atoms with E-state index >= 15 is 0 Å². The van der Waals surface area contributed by atoms with Gasteiger partial charge in [-0.2, -0.15) is 0 Å². The molecule has 3 aromatic heterocycles. The van der Waals surface area contributed by atoms with Crippen LogP contribution < -0.4 is 21.3 Å². The molecule has 0 aliphatic heterocycles. The summed E-state index contributed by atoms with van der Waals surface area (Å²) in [6.45, 7) is 3.28. The number of hydrogen-bond acceptors (Lipinski definition) is 5. The number of aromatic nitrogens is 3. The number of hydrogen-bond donors (Lipinski definition) is 1. The van der Waals surface area contributed by atoms with Gasteiger partial charge in [-0.05, 0) is 44.2 Å². The van der Waals surface area contributed by atoms with Crippen molar-refractivity contribution in [2.24, 2.45) is 7.05 Å². The third-order valence-electron chi connectivity index (χ3n) is 6.02. The molecule has 3 heterocycles. The molecule has 1 amide bonds. The van der Waals surface area contributed by atoms with E-state index in [4.69, 9.17) is 4.74 Å². The average Bonchev–Trinajstić information content (AvgIpc) is 3.12. The van der Waals surface area contributed by atoms with Crippen molar-refractivity contribution in [3.05, 3.63) is 80.3 Å². The topological polar surface area (TPSA) is 104 Å². The van der Waals surface area contributed by atoms with Crippen LogP contribution in [0.1, 0.15) is 34.6 Å². The van der Waals surface area contributed by atoms with Gasteiger partial charge >= 0.3 is 5.69 Å². The molecule has 0 aliphatic carbocycles. The summed E-state index contributed by atoms with van der Waals surface area (Å²) in [7, 11) is 4.51. The molecule has 4 aromatic rings. The van der Waals surface area contributed by atoms with Crippen LogP contribution in [0.5, 0.6) is 5.75 Å². The molecule has 0 saturated heterocycles. The molecule has 9 nitrogen and oxygen atoms in total. The van der Waals surface area contributed by atoms with Crippen molar-refractivity contribution >= 4 is 28.1 Å². The normalized spacial score (nSPS) is 12.2. The van der Waals surface area contributed by atoms with E-state index < -0.39 is 23.2 Å². The summed E-state index contributed by atoms with van der Waals surface area (Å²) in [5.41, 5.74) is 1.27. The fourth-order valence-corrected chi connectivity index (χ4v) is 4.27. The van der Waals surface area contributed by atoms with Crippen LogP contribution in [0.25, 0.3) is 16.4 Å².